The Bertz CT molecular complexity index is 1750. The highest BCUT2D eigenvalue weighted by Crippen LogP contribution is 2.39. The minimum atomic E-state index is -5.06. The number of aliphatic hydroxyl groups is 1. The van der Waals surface area contributed by atoms with Crippen LogP contribution in [0, 0.1) is 17.8 Å². The average Bonchev–Trinajstić information content (AvgIpc) is 3.84. The molecule has 2 aromatic rings. The summed E-state index contributed by atoms with van der Waals surface area (Å²) < 4.78 is 17.9. The number of hydrogen-bond acceptors (Lipinski definition) is 10. The lowest BCUT2D eigenvalue weighted by atomic mass is 9.89. The Morgan fingerprint density at radius 3 is 2.24 bits per heavy atom. The molecule has 1 saturated heterocycles. The van der Waals surface area contributed by atoms with Crippen LogP contribution in [-0.2, 0) is 57.2 Å². The van der Waals surface area contributed by atoms with E-state index in [9.17, 15) is 48.2 Å². The number of phosphoric acid groups is 1. The quantitative estimate of drug-likeness (QED) is 0.0561. The van der Waals surface area contributed by atoms with E-state index in [1.165, 1.54) is 17.4 Å². The summed E-state index contributed by atoms with van der Waals surface area (Å²) in [5.74, 6) is -6.49. The number of primary amides is 1. The van der Waals surface area contributed by atoms with Crippen molar-refractivity contribution in [2.45, 2.75) is 136 Å². The van der Waals surface area contributed by atoms with Crippen LogP contribution < -0.4 is 16.4 Å². The zero-order valence-corrected chi connectivity index (χ0v) is 35.6. The van der Waals surface area contributed by atoms with Crippen molar-refractivity contribution in [1.82, 2.24) is 25.1 Å². The number of amides is 4. The summed E-state index contributed by atoms with van der Waals surface area (Å²) in [5, 5.41) is 15.5. The van der Waals surface area contributed by atoms with Gasteiger partial charge in [-0.2, -0.15) is 0 Å². The molecule has 1 aromatic carbocycles. The maximum atomic E-state index is 14.1. The van der Waals surface area contributed by atoms with Crippen LogP contribution in [0.2, 0.25) is 0 Å². The van der Waals surface area contributed by atoms with E-state index in [0.717, 1.165) is 45.4 Å². The predicted octanol–water partition coefficient (Wildman–Crippen LogP) is 2.77. The lowest BCUT2D eigenvalue weighted by Gasteiger charge is -2.27. The number of nitrogens with one attached hydrogen (secondary N) is 2. The second kappa shape index (κ2) is 24.1. The third-order valence-corrected chi connectivity index (χ3v) is 11.3. The number of Topliss-reactive ketones (excluding diaryl/α,β-unsaturated/α-hetero) is 2. The fourth-order valence-electron chi connectivity index (χ4n) is 7.49. The standard InChI is InChI=1S/C41H63N6O11P/c1-27(2)20-34(44-41(54)36-17-13-19-47(36)29(4)49)37(50)22-31(40(53)45-35(25-48)38(51)23-33(39(42)52)28(3)58-59(55,56)57)21-32-24-43-26-46(32)18-12-7-5-6-9-14-30-15-10-8-11-16-30/h8,10-11,15-16,24,26-28,31,33-36,48H,5-7,9,12-14,17-23,25H2,1-4H3,(H2,42,52)(H,44,54)(H,45,53)(H2,55,56,57)/t28-,31-,33+,34+,35+,36+/m1/s1. The SMILES string of the molecule is CC(=O)N1CCC[C@H]1C(=O)N[C@@H](CC(C)C)C(=O)C[C@@H](Cc1cncn1CCCCCCCc1ccccc1)C(=O)N[C@@H](CO)C(=O)C[C@H](C(N)=O)[C@@H](C)OP(=O)(O)O. The van der Waals surface area contributed by atoms with Gasteiger partial charge in [-0.25, -0.2) is 9.55 Å². The number of aliphatic hydroxyl groups excluding tert-OH is 1. The van der Waals surface area contributed by atoms with E-state index in [2.05, 4.69) is 32.3 Å². The summed E-state index contributed by atoms with van der Waals surface area (Å²) in [6.07, 6.45) is 8.11. The summed E-state index contributed by atoms with van der Waals surface area (Å²) in [5.41, 5.74) is 7.38. The van der Waals surface area contributed by atoms with Crippen LogP contribution in [0.3, 0.4) is 0 Å². The molecule has 1 fully saturated rings. The molecule has 0 spiro atoms. The van der Waals surface area contributed by atoms with Crippen LogP contribution in [0.4, 0.5) is 0 Å². The lowest BCUT2D eigenvalue weighted by molar-refractivity contribution is -0.138. The minimum Gasteiger partial charge on any atom is -0.394 e. The molecule has 4 amide bonds. The van der Waals surface area contributed by atoms with Gasteiger partial charge in [-0.3, -0.25) is 33.3 Å². The molecule has 7 N–H and O–H groups in total. The number of carbonyl (C=O) groups is 6. The first kappa shape index (κ1) is 49.1. The molecule has 2 heterocycles. The molecule has 1 aliphatic heterocycles. The van der Waals surface area contributed by atoms with Gasteiger partial charge in [0, 0.05) is 51.2 Å². The molecule has 1 aromatic heterocycles. The molecule has 18 heteroatoms. The lowest BCUT2D eigenvalue weighted by Crippen LogP contribution is -2.52. The Balaban J connectivity index is 1.78. The largest absolute Gasteiger partial charge is 0.469 e. The van der Waals surface area contributed by atoms with Crippen molar-refractivity contribution in [3.8, 4) is 0 Å². The number of rotatable bonds is 27. The number of hydrogen-bond donors (Lipinski definition) is 6. The van der Waals surface area contributed by atoms with Crippen LogP contribution in [-0.4, -0.2) is 102 Å². The molecule has 1 aliphatic rings. The molecule has 59 heavy (non-hydrogen) atoms. The van der Waals surface area contributed by atoms with Gasteiger partial charge in [0.2, 0.25) is 23.6 Å². The Kier molecular flexibility index (Phi) is 20.0. The average molecular weight is 847 g/mol. The first-order valence-corrected chi connectivity index (χ1v) is 22.0. The molecule has 0 saturated carbocycles. The minimum absolute atomic E-state index is 0.0150. The Morgan fingerprint density at radius 1 is 0.949 bits per heavy atom. The highest BCUT2D eigenvalue weighted by atomic mass is 31.2. The van der Waals surface area contributed by atoms with Crippen molar-refractivity contribution in [2.24, 2.45) is 23.5 Å². The fraction of sp³-hybridized carbons (Fsp3) is 0.634. The second-order valence-corrected chi connectivity index (χ2v) is 17.1. The smallest absolute Gasteiger partial charge is 0.394 e. The third kappa shape index (κ3) is 16.7. The van der Waals surface area contributed by atoms with Gasteiger partial charge in [0.15, 0.2) is 11.6 Å². The van der Waals surface area contributed by atoms with E-state index in [1.807, 2.05) is 36.6 Å². The van der Waals surface area contributed by atoms with Crippen LogP contribution in [0.15, 0.2) is 42.9 Å². The van der Waals surface area contributed by atoms with Gasteiger partial charge in [-0.05, 0) is 56.9 Å². The molecule has 0 radical (unpaired) electrons. The van der Waals surface area contributed by atoms with Crippen LogP contribution >= 0.6 is 7.82 Å². The Hall–Kier alpha value is -4.28. The maximum Gasteiger partial charge on any atom is 0.469 e. The van der Waals surface area contributed by atoms with Crippen molar-refractivity contribution < 1.29 is 52.7 Å². The van der Waals surface area contributed by atoms with Crippen molar-refractivity contribution in [3.63, 3.8) is 0 Å². The normalized spacial score (nSPS) is 16.9. The molecule has 6 atom stereocenters. The van der Waals surface area contributed by atoms with Gasteiger partial charge in [0.1, 0.15) is 12.1 Å². The predicted molar refractivity (Wildman–Crippen MR) is 218 cm³/mol. The Labute approximate surface area is 346 Å². The van der Waals surface area contributed by atoms with Gasteiger partial charge in [-0.1, -0.05) is 63.4 Å². The molecule has 17 nitrogen and oxygen atoms in total. The Morgan fingerprint density at radius 2 is 1.61 bits per heavy atom. The topological polar surface area (TPSA) is 261 Å². The van der Waals surface area contributed by atoms with Gasteiger partial charge in [0.05, 0.1) is 36.9 Å². The molecule has 0 unspecified atom stereocenters. The first-order valence-electron chi connectivity index (χ1n) is 20.5. The number of ketones is 2. The summed E-state index contributed by atoms with van der Waals surface area (Å²) in [4.78, 5) is 104. The molecular formula is C41H63N6O11P. The number of carbonyl (C=O) groups excluding carboxylic acids is 6. The summed E-state index contributed by atoms with van der Waals surface area (Å²) >= 11 is 0. The number of phosphoric ester groups is 1. The van der Waals surface area contributed by atoms with E-state index in [-0.39, 0.29) is 31.1 Å². The zero-order valence-electron chi connectivity index (χ0n) is 34.7. The maximum absolute atomic E-state index is 14.1. The van der Waals surface area contributed by atoms with E-state index in [0.29, 0.717) is 31.6 Å². The first-order chi connectivity index (χ1) is 27.9. The second-order valence-electron chi connectivity index (χ2n) is 15.9. The number of unbranched alkanes of at least 4 members (excludes halogenated alkanes) is 4. The van der Waals surface area contributed by atoms with E-state index >= 15 is 0 Å². The number of nitrogens with two attached hydrogens (primary N) is 1. The van der Waals surface area contributed by atoms with Gasteiger partial charge in [0.25, 0.3) is 0 Å². The van der Waals surface area contributed by atoms with E-state index in [1.54, 1.807) is 12.5 Å². The fourth-order valence-corrected chi connectivity index (χ4v) is 8.07. The van der Waals surface area contributed by atoms with Crippen LogP contribution in [0.1, 0.15) is 103 Å². The molecule has 3 rings (SSSR count). The molecule has 328 valence electrons. The van der Waals surface area contributed by atoms with Crippen LogP contribution in [0.25, 0.3) is 0 Å². The summed E-state index contributed by atoms with van der Waals surface area (Å²) in [6, 6.07) is 7.05. The summed E-state index contributed by atoms with van der Waals surface area (Å²) in [7, 11) is -5.06. The van der Waals surface area contributed by atoms with Crippen LogP contribution in [0.5, 0.6) is 0 Å². The number of aryl methyl sites for hydroxylation is 2. The van der Waals surface area contributed by atoms with Crippen molar-refractivity contribution in [3.05, 3.63) is 54.1 Å². The number of imidazole rings is 1. The third-order valence-electron chi connectivity index (χ3n) is 10.7. The van der Waals surface area contributed by atoms with E-state index in [4.69, 9.17) is 5.73 Å². The van der Waals surface area contributed by atoms with Crippen molar-refractivity contribution in [2.75, 3.05) is 13.2 Å². The number of nitrogens with zero attached hydrogens (tertiary/aromatic N) is 3. The van der Waals surface area contributed by atoms with Gasteiger partial charge in [-0.15, -0.1) is 0 Å². The van der Waals surface area contributed by atoms with Crippen molar-refractivity contribution in [1.29, 1.82) is 0 Å². The number of benzene rings is 1. The van der Waals surface area contributed by atoms with Gasteiger partial charge >= 0.3 is 7.82 Å². The van der Waals surface area contributed by atoms with Gasteiger partial charge < -0.3 is 40.7 Å². The molecule has 0 aliphatic carbocycles. The molecule has 0 bridgehead atoms. The number of likely N-dealkylation sites (tertiary alicyclic amines) is 1. The van der Waals surface area contributed by atoms with Crippen molar-refractivity contribution >= 4 is 43.0 Å². The monoisotopic (exact) mass is 846 g/mol. The summed E-state index contributed by atoms with van der Waals surface area (Å²) in [6.45, 7) is 6.46. The number of aromatic nitrogens is 2. The highest BCUT2D eigenvalue weighted by Gasteiger charge is 2.37. The molecular weight excluding hydrogens is 783 g/mol. The zero-order chi connectivity index (χ0) is 43.7. The highest BCUT2D eigenvalue weighted by molar-refractivity contribution is 7.46. The van der Waals surface area contributed by atoms with E-state index < -0.39 is 86.2 Å².